The third kappa shape index (κ3) is 7.00. The van der Waals surface area contributed by atoms with Gasteiger partial charge in [-0.25, -0.2) is 4.79 Å². The Morgan fingerprint density at radius 3 is 2.38 bits per heavy atom. The smallest absolute Gasteiger partial charge is 0.328 e. The summed E-state index contributed by atoms with van der Waals surface area (Å²) in [5.41, 5.74) is 1.12. The van der Waals surface area contributed by atoms with E-state index in [2.05, 4.69) is 10.6 Å². The minimum atomic E-state index is -1.20. The second-order valence-corrected chi connectivity index (χ2v) is 6.52. The van der Waals surface area contributed by atoms with Gasteiger partial charge in [0.25, 0.3) is 0 Å². The quantitative estimate of drug-likeness (QED) is 0.495. The summed E-state index contributed by atoms with van der Waals surface area (Å²) in [6.45, 7) is 0. The number of anilines is 2. The van der Waals surface area contributed by atoms with Gasteiger partial charge in [0.15, 0.2) is 0 Å². The number of aliphatic carboxylic acids is 1. The number of carboxylic acid groups (broad SMARTS) is 1. The van der Waals surface area contributed by atoms with Crippen LogP contribution in [-0.2, 0) is 14.4 Å². The SMILES string of the molecule is O=C(O)/C=C/C(=O)Nc1cccc(SCC(=O)Nc2cccc(Cl)c2)c1. The molecule has 0 aliphatic heterocycles. The molecule has 0 saturated carbocycles. The third-order valence-electron chi connectivity index (χ3n) is 2.96. The molecule has 0 bridgehead atoms. The Balaban J connectivity index is 1.88. The second-order valence-electron chi connectivity index (χ2n) is 5.04. The summed E-state index contributed by atoms with van der Waals surface area (Å²) in [5, 5.41) is 14.3. The summed E-state index contributed by atoms with van der Waals surface area (Å²) < 4.78 is 0. The Morgan fingerprint density at radius 1 is 1.00 bits per heavy atom. The number of amides is 2. The number of carbonyl (C=O) groups excluding carboxylic acids is 2. The van der Waals surface area contributed by atoms with E-state index in [4.69, 9.17) is 16.7 Å². The first-order chi connectivity index (χ1) is 12.4. The highest BCUT2D eigenvalue weighted by Crippen LogP contribution is 2.22. The highest BCUT2D eigenvalue weighted by molar-refractivity contribution is 8.00. The van der Waals surface area contributed by atoms with Crippen molar-refractivity contribution in [3.63, 3.8) is 0 Å². The van der Waals surface area contributed by atoms with Gasteiger partial charge in [0, 0.05) is 33.4 Å². The Morgan fingerprint density at radius 2 is 1.69 bits per heavy atom. The zero-order valence-corrected chi connectivity index (χ0v) is 15.0. The first kappa shape index (κ1) is 19.6. The van der Waals surface area contributed by atoms with Crippen LogP contribution >= 0.6 is 23.4 Å². The summed E-state index contributed by atoms with van der Waals surface area (Å²) >= 11 is 7.17. The van der Waals surface area contributed by atoms with Crippen LogP contribution in [-0.4, -0.2) is 28.6 Å². The molecule has 0 aliphatic carbocycles. The normalized spacial score (nSPS) is 10.5. The zero-order valence-electron chi connectivity index (χ0n) is 13.4. The van der Waals surface area contributed by atoms with Gasteiger partial charge >= 0.3 is 5.97 Å². The molecule has 0 radical (unpaired) electrons. The van der Waals surface area contributed by atoms with Gasteiger partial charge in [0.2, 0.25) is 11.8 Å². The molecule has 0 aromatic heterocycles. The molecular weight excluding hydrogens is 376 g/mol. The third-order valence-corrected chi connectivity index (χ3v) is 4.19. The van der Waals surface area contributed by atoms with E-state index in [9.17, 15) is 14.4 Å². The highest BCUT2D eigenvalue weighted by atomic mass is 35.5. The van der Waals surface area contributed by atoms with Gasteiger partial charge in [-0.3, -0.25) is 9.59 Å². The highest BCUT2D eigenvalue weighted by Gasteiger charge is 2.06. The minimum absolute atomic E-state index is 0.183. The van der Waals surface area contributed by atoms with E-state index < -0.39 is 11.9 Å². The number of thioether (sulfide) groups is 1. The van der Waals surface area contributed by atoms with Crippen LogP contribution in [0.5, 0.6) is 0 Å². The molecule has 2 aromatic carbocycles. The minimum Gasteiger partial charge on any atom is -0.478 e. The maximum absolute atomic E-state index is 12.0. The molecule has 2 rings (SSSR count). The first-order valence-corrected chi connectivity index (χ1v) is 8.79. The van der Waals surface area contributed by atoms with Gasteiger partial charge in [-0.1, -0.05) is 23.7 Å². The summed E-state index contributed by atoms with van der Waals surface area (Å²) in [4.78, 5) is 34.8. The number of nitrogens with one attached hydrogen (secondary N) is 2. The van der Waals surface area contributed by atoms with Gasteiger partial charge < -0.3 is 15.7 Å². The number of carbonyl (C=O) groups is 3. The summed E-state index contributed by atoms with van der Waals surface area (Å²) in [5.74, 6) is -1.75. The number of hydrogen-bond acceptors (Lipinski definition) is 4. The average Bonchev–Trinajstić information content (AvgIpc) is 2.58. The van der Waals surface area contributed by atoms with Crippen molar-refractivity contribution in [2.24, 2.45) is 0 Å². The molecule has 8 heteroatoms. The largest absolute Gasteiger partial charge is 0.478 e. The predicted molar refractivity (Wildman–Crippen MR) is 103 cm³/mol. The molecule has 6 nitrogen and oxygen atoms in total. The maximum atomic E-state index is 12.0. The van der Waals surface area contributed by atoms with Crippen molar-refractivity contribution in [1.29, 1.82) is 0 Å². The van der Waals surface area contributed by atoms with E-state index in [1.165, 1.54) is 11.8 Å². The van der Waals surface area contributed by atoms with Crippen LogP contribution in [0.2, 0.25) is 5.02 Å². The van der Waals surface area contributed by atoms with E-state index in [1.54, 1.807) is 48.5 Å². The maximum Gasteiger partial charge on any atom is 0.328 e. The average molecular weight is 391 g/mol. The number of benzene rings is 2. The van der Waals surface area contributed by atoms with Crippen LogP contribution in [0.25, 0.3) is 0 Å². The molecule has 26 heavy (non-hydrogen) atoms. The summed E-state index contributed by atoms with van der Waals surface area (Å²) in [7, 11) is 0. The van der Waals surface area contributed by atoms with Crippen molar-refractivity contribution in [3.8, 4) is 0 Å². The van der Waals surface area contributed by atoms with Crippen LogP contribution in [0.4, 0.5) is 11.4 Å². The number of hydrogen-bond donors (Lipinski definition) is 3. The Kier molecular flexibility index (Phi) is 7.25. The van der Waals surface area contributed by atoms with Crippen molar-refractivity contribution < 1.29 is 19.5 Å². The number of rotatable bonds is 7. The van der Waals surface area contributed by atoms with Gasteiger partial charge in [-0.2, -0.15) is 0 Å². The molecule has 0 atom stereocenters. The Labute approximate surface area is 159 Å². The lowest BCUT2D eigenvalue weighted by atomic mass is 10.3. The lowest BCUT2D eigenvalue weighted by molar-refractivity contribution is -0.131. The van der Waals surface area contributed by atoms with E-state index in [1.807, 2.05) is 0 Å². The zero-order chi connectivity index (χ0) is 18.9. The summed E-state index contributed by atoms with van der Waals surface area (Å²) in [6, 6.07) is 13.8. The van der Waals surface area contributed by atoms with E-state index in [0.29, 0.717) is 16.4 Å². The standard InChI is InChI=1S/C18H15ClN2O4S/c19-12-3-1-4-13(9-12)21-17(23)11-26-15-6-2-5-14(10-15)20-16(22)7-8-18(24)25/h1-10H,11H2,(H,20,22)(H,21,23)(H,24,25)/b8-7+. The van der Waals surface area contributed by atoms with Crippen LogP contribution in [0.15, 0.2) is 65.6 Å². The van der Waals surface area contributed by atoms with Gasteiger partial charge in [-0.05, 0) is 36.4 Å². The fourth-order valence-corrected chi connectivity index (χ4v) is 2.85. The fraction of sp³-hybridized carbons (Fsp3) is 0.0556. The second kappa shape index (κ2) is 9.65. The molecule has 3 N–H and O–H groups in total. The first-order valence-electron chi connectivity index (χ1n) is 7.42. The molecule has 2 amide bonds. The van der Waals surface area contributed by atoms with Crippen LogP contribution in [0.3, 0.4) is 0 Å². The fourth-order valence-electron chi connectivity index (χ4n) is 1.91. The van der Waals surface area contributed by atoms with E-state index >= 15 is 0 Å². The molecular formula is C18H15ClN2O4S. The molecule has 0 heterocycles. The molecule has 0 saturated heterocycles. The summed E-state index contributed by atoms with van der Waals surface area (Å²) in [6.07, 6.45) is 1.69. The predicted octanol–water partition coefficient (Wildman–Crippen LogP) is 3.65. The molecule has 0 aliphatic rings. The lowest BCUT2D eigenvalue weighted by Gasteiger charge is -2.07. The topological polar surface area (TPSA) is 95.5 Å². The number of halogens is 1. The van der Waals surface area contributed by atoms with Gasteiger partial charge in [0.05, 0.1) is 5.75 Å². The van der Waals surface area contributed by atoms with Crippen LogP contribution in [0, 0.1) is 0 Å². The number of carboxylic acids is 1. The Hall–Kier alpha value is -2.77. The Bertz CT molecular complexity index is 855. The van der Waals surface area contributed by atoms with Crippen LogP contribution in [0.1, 0.15) is 0 Å². The van der Waals surface area contributed by atoms with E-state index in [0.717, 1.165) is 17.0 Å². The lowest BCUT2D eigenvalue weighted by Crippen LogP contribution is -2.14. The molecule has 0 spiro atoms. The van der Waals surface area contributed by atoms with Gasteiger partial charge in [0.1, 0.15) is 0 Å². The van der Waals surface area contributed by atoms with Crippen molar-refractivity contribution >= 4 is 52.5 Å². The molecule has 0 fully saturated rings. The van der Waals surface area contributed by atoms with Crippen molar-refractivity contribution in [3.05, 3.63) is 65.7 Å². The van der Waals surface area contributed by atoms with E-state index in [-0.39, 0.29) is 11.7 Å². The van der Waals surface area contributed by atoms with Crippen molar-refractivity contribution in [2.45, 2.75) is 4.90 Å². The van der Waals surface area contributed by atoms with Gasteiger partial charge in [-0.15, -0.1) is 11.8 Å². The van der Waals surface area contributed by atoms with Crippen molar-refractivity contribution in [1.82, 2.24) is 0 Å². The monoisotopic (exact) mass is 390 g/mol. The molecule has 2 aromatic rings. The van der Waals surface area contributed by atoms with Crippen LogP contribution < -0.4 is 10.6 Å². The van der Waals surface area contributed by atoms with Crippen molar-refractivity contribution in [2.75, 3.05) is 16.4 Å². The molecule has 0 unspecified atom stereocenters. The molecule has 134 valence electrons.